The van der Waals surface area contributed by atoms with E-state index in [2.05, 4.69) is 11.4 Å². The second kappa shape index (κ2) is 13.9. The summed E-state index contributed by atoms with van der Waals surface area (Å²) < 4.78 is 50.3. The van der Waals surface area contributed by atoms with Crippen molar-refractivity contribution >= 4 is 23.9 Å². The van der Waals surface area contributed by atoms with Crippen LogP contribution < -0.4 is 5.32 Å². The van der Waals surface area contributed by atoms with E-state index < -0.39 is 65.3 Å². The number of ether oxygens (including phenoxy) is 2. The number of alkyl halides is 3. The monoisotopic (exact) mass is 668 g/mol. The number of esters is 1. The molecule has 48 heavy (non-hydrogen) atoms. The van der Waals surface area contributed by atoms with Crippen LogP contribution in [-0.2, 0) is 31.8 Å². The molecular formula is C35H39F3N4O6. The summed E-state index contributed by atoms with van der Waals surface area (Å²) in [5, 5.41) is 12.7. The van der Waals surface area contributed by atoms with Gasteiger partial charge in [-0.05, 0) is 95.0 Å². The van der Waals surface area contributed by atoms with Crippen LogP contribution in [0.25, 0.3) is 0 Å². The third-order valence-electron chi connectivity index (χ3n) is 9.16. The van der Waals surface area contributed by atoms with Gasteiger partial charge in [0.2, 0.25) is 5.91 Å². The van der Waals surface area contributed by atoms with Gasteiger partial charge in [-0.15, -0.1) is 0 Å². The van der Waals surface area contributed by atoms with Gasteiger partial charge in [0.05, 0.1) is 11.6 Å². The Morgan fingerprint density at radius 1 is 0.917 bits per heavy atom. The molecule has 5 rings (SSSR count). The SMILES string of the molecule is CC(C)(C)OC(=O)N[C@H](C(=O)N1[C@@H](C#N)CC[C@H]1C(=O)OCc1ccccc1)C1CC2CCC(C1)N2C(=O)c1ccc(C(F)(F)F)cc1. The Labute approximate surface area is 277 Å². The van der Waals surface area contributed by atoms with Gasteiger partial charge in [-0.1, -0.05) is 30.3 Å². The van der Waals surface area contributed by atoms with Crippen LogP contribution in [0.3, 0.4) is 0 Å². The number of alkyl carbamates (subject to hydrolysis) is 1. The number of hydrogen-bond acceptors (Lipinski definition) is 7. The number of halogens is 3. The molecule has 3 heterocycles. The first kappa shape index (κ1) is 34.7. The van der Waals surface area contributed by atoms with Crippen molar-refractivity contribution in [3.8, 4) is 6.07 Å². The summed E-state index contributed by atoms with van der Waals surface area (Å²) in [7, 11) is 0. The molecule has 3 saturated heterocycles. The van der Waals surface area contributed by atoms with Crippen molar-refractivity contribution in [1.82, 2.24) is 15.1 Å². The van der Waals surface area contributed by atoms with E-state index >= 15 is 0 Å². The van der Waals surface area contributed by atoms with Crippen LogP contribution in [-0.4, -0.2) is 69.5 Å². The summed E-state index contributed by atoms with van der Waals surface area (Å²) in [6, 6.07) is 11.4. The lowest BCUT2D eigenvalue weighted by atomic mass is 9.83. The highest BCUT2D eigenvalue weighted by Gasteiger charge is 2.51. The molecule has 0 radical (unpaired) electrons. The fourth-order valence-electron chi connectivity index (χ4n) is 7.05. The van der Waals surface area contributed by atoms with Crippen molar-refractivity contribution < 1.29 is 41.8 Å². The first-order chi connectivity index (χ1) is 22.7. The predicted molar refractivity (Wildman–Crippen MR) is 166 cm³/mol. The van der Waals surface area contributed by atoms with Crippen LogP contribution in [0.5, 0.6) is 0 Å². The summed E-state index contributed by atoms with van der Waals surface area (Å²) >= 11 is 0. The maximum Gasteiger partial charge on any atom is 0.416 e. The summed E-state index contributed by atoms with van der Waals surface area (Å²) in [5.74, 6) is -2.15. The number of nitriles is 1. The molecule has 3 fully saturated rings. The molecule has 2 aromatic carbocycles. The van der Waals surface area contributed by atoms with Crippen LogP contribution >= 0.6 is 0 Å². The van der Waals surface area contributed by atoms with Crippen LogP contribution in [0.2, 0.25) is 0 Å². The predicted octanol–water partition coefficient (Wildman–Crippen LogP) is 5.61. The average Bonchev–Trinajstić information content (AvgIpc) is 3.59. The summed E-state index contributed by atoms with van der Waals surface area (Å²) in [6.45, 7) is 5.03. The van der Waals surface area contributed by atoms with Crippen molar-refractivity contribution in [3.05, 3.63) is 71.3 Å². The summed E-state index contributed by atoms with van der Waals surface area (Å²) in [5.41, 5.74) is -0.837. The molecule has 0 spiro atoms. The number of nitrogens with zero attached hydrogens (tertiary/aromatic N) is 3. The van der Waals surface area contributed by atoms with E-state index in [9.17, 15) is 37.6 Å². The number of amides is 3. The number of benzene rings is 2. The molecule has 1 N–H and O–H groups in total. The van der Waals surface area contributed by atoms with E-state index in [-0.39, 0.29) is 37.1 Å². The highest BCUT2D eigenvalue weighted by Crippen LogP contribution is 2.42. The van der Waals surface area contributed by atoms with Gasteiger partial charge in [-0.25, -0.2) is 9.59 Å². The highest BCUT2D eigenvalue weighted by atomic mass is 19.4. The van der Waals surface area contributed by atoms with E-state index in [0.29, 0.717) is 25.7 Å². The number of nitrogens with one attached hydrogen (secondary N) is 1. The molecule has 2 aromatic rings. The first-order valence-electron chi connectivity index (χ1n) is 16.1. The molecule has 10 nitrogen and oxygen atoms in total. The van der Waals surface area contributed by atoms with Gasteiger partial charge < -0.3 is 24.6 Å². The highest BCUT2D eigenvalue weighted by molar-refractivity contribution is 5.95. The van der Waals surface area contributed by atoms with Crippen molar-refractivity contribution in [3.63, 3.8) is 0 Å². The van der Waals surface area contributed by atoms with E-state index in [4.69, 9.17) is 9.47 Å². The zero-order valence-corrected chi connectivity index (χ0v) is 27.0. The number of piperidine rings is 1. The molecular weight excluding hydrogens is 629 g/mol. The van der Waals surface area contributed by atoms with Gasteiger partial charge >= 0.3 is 18.2 Å². The zero-order chi connectivity index (χ0) is 34.8. The molecule has 13 heteroatoms. The Bertz CT molecular complexity index is 1540. The van der Waals surface area contributed by atoms with E-state index in [0.717, 1.165) is 17.7 Å². The zero-order valence-electron chi connectivity index (χ0n) is 27.0. The third-order valence-corrected chi connectivity index (χ3v) is 9.16. The number of rotatable bonds is 7. The van der Waals surface area contributed by atoms with Gasteiger partial charge in [-0.2, -0.15) is 18.4 Å². The van der Waals surface area contributed by atoms with Crippen LogP contribution in [0, 0.1) is 17.2 Å². The van der Waals surface area contributed by atoms with E-state index in [1.165, 1.54) is 17.0 Å². The van der Waals surface area contributed by atoms with E-state index in [1.807, 2.05) is 18.2 Å². The number of likely N-dealkylation sites (tertiary alicyclic amines) is 1. The quantitative estimate of drug-likeness (QED) is 0.380. The lowest BCUT2D eigenvalue weighted by Gasteiger charge is -2.42. The number of carbonyl (C=O) groups excluding carboxylic acids is 4. The average molecular weight is 669 g/mol. The Kier molecular flexibility index (Phi) is 10.0. The van der Waals surface area contributed by atoms with Crippen molar-refractivity contribution in [1.29, 1.82) is 5.26 Å². The van der Waals surface area contributed by atoms with Crippen LogP contribution in [0.4, 0.5) is 18.0 Å². The second-order valence-electron chi connectivity index (χ2n) is 13.6. The van der Waals surface area contributed by atoms with Crippen LogP contribution in [0.1, 0.15) is 80.8 Å². The molecule has 0 saturated carbocycles. The topological polar surface area (TPSA) is 129 Å². The summed E-state index contributed by atoms with van der Waals surface area (Å²) in [4.78, 5) is 57.2. The molecule has 2 unspecified atom stereocenters. The number of fused-ring (bicyclic) bond motifs is 2. The molecule has 5 atom stereocenters. The molecule has 3 aliphatic rings. The van der Waals surface area contributed by atoms with Gasteiger partial charge in [0.15, 0.2) is 0 Å². The fraction of sp³-hybridized carbons (Fsp3) is 0.514. The van der Waals surface area contributed by atoms with Gasteiger partial charge in [0, 0.05) is 17.6 Å². The first-order valence-corrected chi connectivity index (χ1v) is 16.1. The largest absolute Gasteiger partial charge is 0.459 e. The molecule has 2 bridgehead atoms. The lowest BCUT2D eigenvalue weighted by molar-refractivity contribution is -0.156. The maximum absolute atomic E-state index is 14.4. The standard InChI is InChI=1S/C35H39F3N4O6/c1-34(2,3)48-33(46)40-29(31(44)42-27(19-39)15-16-28(42)32(45)47-20-21-7-5-4-6-8-21)23-17-25-13-14-26(18-23)41(25)30(43)22-9-11-24(12-10-22)35(36,37)38/h4-12,23,25-29H,13-18,20H2,1-3H3,(H,40,46)/t23?,25?,26?,27-,28+,29+/m1/s1. The number of carbonyl (C=O) groups is 4. The molecule has 256 valence electrons. The fourth-order valence-corrected chi connectivity index (χ4v) is 7.05. The van der Waals surface area contributed by atoms with E-state index in [1.54, 1.807) is 37.8 Å². The van der Waals surface area contributed by atoms with Gasteiger partial charge in [0.1, 0.15) is 30.3 Å². The molecule has 3 aliphatic heterocycles. The second-order valence-corrected chi connectivity index (χ2v) is 13.6. The minimum atomic E-state index is -4.53. The Balaban J connectivity index is 1.37. The minimum absolute atomic E-state index is 0.0101. The van der Waals surface area contributed by atoms with Gasteiger partial charge in [-0.3, -0.25) is 9.59 Å². The number of hydrogen-bond donors (Lipinski definition) is 1. The normalized spacial score (nSPS) is 24.4. The molecule has 3 amide bonds. The third kappa shape index (κ3) is 7.75. The smallest absolute Gasteiger partial charge is 0.416 e. The lowest BCUT2D eigenvalue weighted by Crippen LogP contribution is -2.59. The minimum Gasteiger partial charge on any atom is -0.459 e. The van der Waals surface area contributed by atoms with Crippen molar-refractivity contribution in [2.45, 2.75) is 108 Å². The Morgan fingerprint density at radius 3 is 2.10 bits per heavy atom. The maximum atomic E-state index is 14.4. The summed E-state index contributed by atoms with van der Waals surface area (Å²) in [6.07, 6.45) is -3.07. The Morgan fingerprint density at radius 2 is 1.54 bits per heavy atom. The van der Waals surface area contributed by atoms with Crippen molar-refractivity contribution in [2.75, 3.05) is 0 Å². The molecule has 0 aromatic heterocycles. The van der Waals surface area contributed by atoms with Gasteiger partial charge in [0.25, 0.3) is 5.91 Å². The molecule has 0 aliphatic carbocycles. The van der Waals surface area contributed by atoms with Crippen molar-refractivity contribution in [2.24, 2.45) is 5.92 Å². The Hall–Kier alpha value is -4.60. The van der Waals surface area contributed by atoms with Crippen LogP contribution in [0.15, 0.2) is 54.6 Å².